The number of aryl methyl sites for hydroxylation is 1. The standard InChI is InChI=1S/C16H19N3O5/c1-10-6-12(16(21)22)8-19(7-10)14(20)3-2-13-17-15(18-24-13)11-4-5-23-9-11/h4-5,9-10,12H,2-3,6-8H2,1H3,(H,21,22). The van der Waals surface area contributed by atoms with Crippen LogP contribution in [0.1, 0.15) is 25.7 Å². The summed E-state index contributed by atoms with van der Waals surface area (Å²) in [6.45, 7) is 2.82. The number of hydrogen-bond donors (Lipinski definition) is 1. The summed E-state index contributed by atoms with van der Waals surface area (Å²) in [5.74, 6) is -0.450. The van der Waals surface area contributed by atoms with Crippen LogP contribution in [0, 0.1) is 11.8 Å². The van der Waals surface area contributed by atoms with Gasteiger partial charge in [0, 0.05) is 25.9 Å². The molecule has 0 aliphatic carbocycles. The summed E-state index contributed by atoms with van der Waals surface area (Å²) in [7, 11) is 0. The lowest BCUT2D eigenvalue weighted by atomic mass is 9.90. The smallest absolute Gasteiger partial charge is 0.308 e. The number of carbonyl (C=O) groups excluding carboxylic acids is 1. The highest BCUT2D eigenvalue weighted by Gasteiger charge is 2.31. The van der Waals surface area contributed by atoms with E-state index < -0.39 is 11.9 Å². The SMILES string of the molecule is CC1CC(C(=O)O)CN(C(=O)CCc2nc(-c3ccoc3)no2)C1. The first kappa shape index (κ1) is 16.2. The largest absolute Gasteiger partial charge is 0.481 e. The first-order valence-corrected chi connectivity index (χ1v) is 7.88. The number of carboxylic acid groups (broad SMARTS) is 1. The van der Waals surface area contributed by atoms with Crippen LogP contribution in [-0.2, 0) is 16.0 Å². The van der Waals surface area contributed by atoms with Gasteiger partial charge in [0.05, 0.1) is 17.7 Å². The molecule has 24 heavy (non-hydrogen) atoms. The van der Waals surface area contributed by atoms with Crippen LogP contribution in [-0.4, -0.2) is 45.1 Å². The van der Waals surface area contributed by atoms with E-state index in [1.165, 1.54) is 12.5 Å². The van der Waals surface area contributed by atoms with Gasteiger partial charge in [-0.15, -0.1) is 0 Å². The highest BCUT2D eigenvalue weighted by molar-refractivity contribution is 5.78. The van der Waals surface area contributed by atoms with Gasteiger partial charge >= 0.3 is 5.97 Å². The second-order valence-corrected chi connectivity index (χ2v) is 6.20. The van der Waals surface area contributed by atoms with Gasteiger partial charge in [-0.1, -0.05) is 12.1 Å². The number of nitrogens with zero attached hydrogens (tertiary/aromatic N) is 3. The van der Waals surface area contributed by atoms with Crippen LogP contribution in [0.5, 0.6) is 0 Å². The van der Waals surface area contributed by atoms with Gasteiger partial charge in [-0.3, -0.25) is 9.59 Å². The number of likely N-dealkylation sites (tertiary alicyclic amines) is 1. The molecule has 1 amide bonds. The molecule has 3 rings (SSSR count). The van der Waals surface area contributed by atoms with Gasteiger partial charge in [-0.05, 0) is 18.4 Å². The Kier molecular flexibility index (Phi) is 4.64. The molecule has 1 N–H and O–H groups in total. The molecule has 0 radical (unpaired) electrons. The highest BCUT2D eigenvalue weighted by Crippen LogP contribution is 2.23. The summed E-state index contributed by atoms with van der Waals surface area (Å²) >= 11 is 0. The fourth-order valence-electron chi connectivity index (χ4n) is 2.97. The maximum absolute atomic E-state index is 12.3. The fourth-order valence-corrected chi connectivity index (χ4v) is 2.97. The number of piperidine rings is 1. The number of aliphatic carboxylic acids is 1. The monoisotopic (exact) mass is 333 g/mol. The van der Waals surface area contributed by atoms with Crippen LogP contribution >= 0.6 is 0 Å². The summed E-state index contributed by atoms with van der Waals surface area (Å²) in [6, 6.07) is 1.72. The molecule has 2 unspecified atom stereocenters. The predicted octanol–water partition coefficient (Wildman–Crippen LogP) is 1.83. The van der Waals surface area contributed by atoms with Crippen LogP contribution in [0.3, 0.4) is 0 Å². The number of furan rings is 1. The molecule has 2 aromatic rings. The molecule has 0 spiro atoms. The van der Waals surface area contributed by atoms with Gasteiger partial charge in [0.2, 0.25) is 17.6 Å². The van der Waals surface area contributed by atoms with Gasteiger partial charge in [0.1, 0.15) is 6.26 Å². The van der Waals surface area contributed by atoms with E-state index in [0.717, 1.165) is 0 Å². The Morgan fingerprint density at radius 3 is 2.96 bits per heavy atom. The lowest BCUT2D eigenvalue weighted by Gasteiger charge is -2.34. The zero-order valence-electron chi connectivity index (χ0n) is 13.3. The lowest BCUT2D eigenvalue weighted by molar-refractivity contribution is -0.146. The molecule has 3 heterocycles. The molecule has 0 aromatic carbocycles. The molecule has 1 fully saturated rings. The second-order valence-electron chi connectivity index (χ2n) is 6.20. The molecule has 8 nitrogen and oxygen atoms in total. The number of carboxylic acids is 1. The summed E-state index contributed by atoms with van der Waals surface area (Å²) < 4.78 is 10.1. The predicted molar refractivity (Wildman–Crippen MR) is 81.8 cm³/mol. The number of carbonyl (C=O) groups is 2. The van der Waals surface area contributed by atoms with E-state index in [0.29, 0.717) is 36.7 Å². The van der Waals surface area contributed by atoms with Crippen molar-refractivity contribution in [3.05, 3.63) is 24.5 Å². The van der Waals surface area contributed by atoms with Gasteiger partial charge < -0.3 is 18.9 Å². The van der Waals surface area contributed by atoms with E-state index in [2.05, 4.69) is 10.1 Å². The Morgan fingerprint density at radius 1 is 1.42 bits per heavy atom. The maximum atomic E-state index is 12.3. The van der Waals surface area contributed by atoms with E-state index in [4.69, 9.17) is 8.94 Å². The Bertz CT molecular complexity index is 709. The quantitative estimate of drug-likeness (QED) is 0.888. The number of aromatic nitrogens is 2. The third-order valence-electron chi connectivity index (χ3n) is 4.16. The van der Waals surface area contributed by atoms with Gasteiger partial charge in [0.15, 0.2) is 0 Å². The summed E-state index contributed by atoms with van der Waals surface area (Å²) in [4.78, 5) is 29.4. The molecule has 128 valence electrons. The van der Waals surface area contributed by atoms with E-state index in [1.807, 2.05) is 6.92 Å². The van der Waals surface area contributed by atoms with Crippen molar-refractivity contribution in [1.82, 2.24) is 15.0 Å². The van der Waals surface area contributed by atoms with Gasteiger partial charge in [-0.2, -0.15) is 4.98 Å². The molecule has 8 heteroatoms. The zero-order chi connectivity index (χ0) is 17.1. The van der Waals surface area contributed by atoms with Crippen LogP contribution in [0.4, 0.5) is 0 Å². The molecule has 0 saturated carbocycles. The fraction of sp³-hybridized carbons (Fsp3) is 0.500. The molecule has 1 saturated heterocycles. The minimum atomic E-state index is -0.846. The normalized spacial score (nSPS) is 21.0. The van der Waals surface area contributed by atoms with Crippen LogP contribution in [0.2, 0.25) is 0 Å². The zero-order valence-corrected chi connectivity index (χ0v) is 13.3. The molecular formula is C16H19N3O5. The number of rotatable bonds is 5. The molecule has 0 bridgehead atoms. The first-order chi connectivity index (χ1) is 11.5. The Balaban J connectivity index is 1.56. The second kappa shape index (κ2) is 6.86. The first-order valence-electron chi connectivity index (χ1n) is 7.88. The summed E-state index contributed by atoms with van der Waals surface area (Å²) in [6.07, 6.45) is 4.18. The van der Waals surface area contributed by atoms with Crippen LogP contribution in [0.15, 0.2) is 27.5 Å². The number of hydrogen-bond acceptors (Lipinski definition) is 6. The van der Waals surface area contributed by atoms with Crippen LogP contribution < -0.4 is 0 Å². The molecule has 2 atom stereocenters. The average Bonchev–Trinajstić information content (AvgIpc) is 3.23. The molecule has 2 aromatic heterocycles. The molecule has 1 aliphatic rings. The minimum Gasteiger partial charge on any atom is -0.481 e. The van der Waals surface area contributed by atoms with E-state index >= 15 is 0 Å². The van der Waals surface area contributed by atoms with E-state index in [-0.39, 0.29) is 24.8 Å². The van der Waals surface area contributed by atoms with Crippen molar-refractivity contribution in [2.24, 2.45) is 11.8 Å². The van der Waals surface area contributed by atoms with Crippen molar-refractivity contribution in [1.29, 1.82) is 0 Å². The van der Waals surface area contributed by atoms with Crippen LogP contribution in [0.25, 0.3) is 11.4 Å². The average molecular weight is 333 g/mol. The third kappa shape index (κ3) is 3.64. The van der Waals surface area contributed by atoms with Gasteiger partial charge in [0.25, 0.3) is 0 Å². The van der Waals surface area contributed by atoms with E-state index in [1.54, 1.807) is 11.0 Å². The van der Waals surface area contributed by atoms with Crippen molar-refractivity contribution >= 4 is 11.9 Å². The topological polar surface area (TPSA) is 110 Å². The Hall–Kier alpha value is -2.64. The third-order valence-corrected chi connectivity index (χ3v) is 4.16. The van der Waals surface area contributed by atoms with Gasteiger partial charge in [-0.25, -0.2) is 0 Å². The van der Waals surface area contributed by atoms with Crippen molar-refractivity contribution < 1.29 is 23.6 Å². The highest BCUT2D eigenvalue weighted by atomic mass is 16.5. The Labute approximate surface area is 138 Å². The summed E-state index contributed by atoms with van der Waals surface area (Å²) in [5, 5.41) is 13.0. The van der Waals surface area contributed by atoms with Crippen molar-refractivity contribution in [3.63, 3.8) is 0 Å². The maximum Gasteiger partial charge on any atom is 0.308 e. The minimum absolute atomic E-state index is 0.0872. The molecule has 1 aliphatic heterocycles. The number of amides is 1. The molecular weight excluding hydrogens is 314 g/mol. The Morgan fingerprint density at radius 2 is 2.25 bits per heavy atom. The van der Waals surface area contributed by atoms with Crippen molar-refractivity contribution in [3.8, 4) is 11.4 Å². The summed E-state index contributed by atoms with van der Waals surface area (Å²) in [5.41, 5.74) is 0.713. The lowest BCUT2D eigenvalue weighted by Crippen LogP contribution is -2.45. The van der Waals surface area contributed by atoms with Crippen molar-refractivity contribution in [2.75, 3.05) is 13.1 Å². The van der Waals surface area contributed by atoms with Crippen molar-refractivity contribution in [2.45, 2.75) is 26.2 Å². The van der Waals surface area contributed by atoms with E-state index in [9.17, 15) is 14.7 Å².